The second kappa shape index (κ2) is 8.10. The van der Waals surface area contributed by atoms with Gasteiger partial charge in [0.2, 0.25) is 11.8 Å². The van der Waals surface area contributed by atoms with E-state index < -0.39 is 5.82 Å². The normalized spacial score (nSPS) is 24.3. The lowest BCUT2D eigenvalue weighted by molar-refractivity contribution is -0.171. The number of likely N-dealkylation sites (tertiary alicyclic amines) is 1. The predicted octanol–water partition coefficient (Wildman–Crippen LogP) is 2.57. The third kappa shape index (κ3) is 4.09. The quantitative estimate of drug-likeness (QED) is 0.730. The highest BCUT2D eigenvalue weighted by Crippen LogP contribution is 2.41. The number of rotatable bonds is 7. The maximum absolute atomic E-state index is 13.6. The molecule has 1 unspecified atom stereocenters. The van der Waals surface area contributed by atoms with Crippen LogP contribution in [0.5, 0.6) is 5.88 Å². The van der Waals surface area contributed by atoms with Crippen molar-refractivity contribution in [2.45, 2.75) is 50.2 Å². The Morgan fingerprint density at radius 1 is 1.33 bits per heavy atom. The van der Waals surface area contributed by atoms with Gasteiger partial charge >= 0.3 is 0 Å². The Balaban J connectivity index is 1.22. The van der Waals surface area contributed by atoms with Gasteiger partial charge in [-0.05, 0) is 43.7 Å². The first-order chi connectivity index (χ1) is 13.2. The van der Waals surface area contributed by atoms with E-state index in [0.717, 1.165) is 25.7 Å². The van der Waals surface area contributed by atoms with Crippen molar-refractivity contribution in [3.63, 3.8) is 0 Å². The van der Waals surface area contributed by atoms with Crippen molar-refractivity contribution in [1.29, 1.82) is 0 Å². The molecule has 0 N–H and O–H groups in total. The van der Waals surface area contributed by atoms with Crippen molar-refractivity contribution >= 4 is 5.91 Å². The summed E-state index contributed by atoms with van der Waals surface area (Å²) in [6.45, 7) is 2.49. The van der Waals surface area contributed by atoms with E-state index in [-0.39, 0.29) is 30.1 Å². The van der Waals surface area contributed by atoms with Crippen molar-refractivity contribution in [3.8, 4) is 5.88 Å². The van der Waals surface area contributed by atoms with Crippen molar-refractivity contribution in [1.82, 2.24) is 9.88 Å². The minimum Gasteiger partial charge on any atom is -0.476 e. The lowest BCUT2D eigenvalue weighted by atomic mass is 9.79. The van der Waals surface area contributed by atoms with E-state index in [1.807, 2.05) is 4.90 Å². The van der Waals surface area contributed by atoms with Crippen LogP contribution in [-0.4, -0.2) is 60.4 Å². The van der Waals surface area contributed by atoms with Gasteiger partial charge in [-0.15, -0.1) is 0 Å². The molecule has 4 rings (SSSR count). The highest BCUT2D eigenvalue weighted by molar-refractivity contribution is 5.78. The van der Waals surface area contributed by atoms with Crippen molar-refractivity contribution in [3.05, 3.63) is 24.1 Å². The van der Waals surface area contributed by atoms with Gasteiger partial charge in [0, 0.05) is 12.8 Å². The van der Waals surface area contributed by atoms with E-state index in [0.29, 0.717) is 32.2 Å². The molecule has 0 radical (unpaired) electrons. The zero-order valence-electron chi connectivity index (χ0n) is 15.6. The molecule has 1 atom stereocenters. The predicted molar refractivity (Wildman–Crippen MR) is 95.9 cm³/mol. The van der Waals surface area contributed by atoms with Crippen molar-refractivity contribution < 1.29 is 23.4 Å². The van der Waals surface area contributed by atoms with Gasteiger partial charge in [0.1, 0.15) is 12.2 Å². The number of hydrogen-bond donors (Lipinski definition) is 0. The monoisotopic (exact) mass is 378 g/mol. The summed E-state index contributed by atoms with van der Waals surface area (Å²) in [6, 6.07) is 2.88. The summed E-state index contributed by atoms with van der Waals surface area (Å²) >= 11 is 0. The van der Waals surface area contributed by atoms with Gasteiger partial charge < -0.3 is 19.1 Å². The van der Waals surface area contributed by atoms with Crippen LogP contribution in [0.4, 0.5) is 4.39 Å². The molecule has 6 nitrogen and oxygen atoms in total. The Labute approximate surface area is 159 Å². The first-order valence-corrected chi connectivity index (χ1v) is 9.93. The van der Waals surface area contributed by atoms with Crippen LogP contribution in [0.2, 0.25) is 0 Å². The number of nitrogens with zero attached hydrogens (tertiary/aromatic N) is 2. The molecule has 1 aromatic rings. The summed E-state index contributed by atoms with van der Waals surface area (Å²) in [5.74, 6) is -0.0461. The van der Waals surface area contributed by atoms with Gasteiger partial charge in [-0.3, -0.25) is 4.79 Å². The molecule has 1 aliphatic carbocycles. The molecule has 7 heteroatoms. The Kier molecular flexibility index (Phi) is 5.59. The number of amides is 1. The third-order valence-electron chi connectivity index (χ3n) is 6.04. The molecule has 3 aliphatic rings. The zero-order chi connectivity index (χ0) is 18.7. The first-order valence-electron chi connectivity index (χ1n) is 9.93. The number of carbonyl (C=O) groups is 1. The largest absolute Gasteiger partial charge is 0.476 e. The molecule has 3 heterocycles. The maximum Gasteiger partial charge on any atom is 0.250 e. The molecule has 2 saturated heterocycles. The van der Waals surface area contributed by atoms with Crippen LogP contribution in [-0.2, 0) is 14.3 Å². The molecule has 1 amide bonds. The van der Waals surface area contributed by atoms with E-state index in [1.54, 1.807) is 6.07 Å². The Morgan fingerprint density at radius 2 is 2.15 bits per heavy atom. The fourth-order valence-electron chi connectivity index (χ4n) is 4.43. The minimum absolute atomic E-state index is 0.0416. The van der Waals surface area contributed by atoms with Crippen molar-refractivity contribution in [2.24, 2.45) is 5.92 Å². The zero-order valence-corrected chi connectivity index (χ0v) is 15.6. The number of ether oxygens (including phenoxy) is 3. The van der Waals surface area contributed by atoms with Gasteiger partial charge in [0.25, 0.3) is 0 Å². The van der Waals surface area contributed by atoms with Crippen LogP contribution in [0, 0.1) is 11.7 Å². The summed E-state index contributed by atoms with van der Waals surface area (Å²) in [5, 5.41) is 0. The van der Waals surface area contributed by atoms with E-state index in [1.165, 1.54) is 25.1 Å². The van der Waals surface area contributed by atoms with Crippen LogP contribution in [0.15, 0.2) is 18.3 Å². The second-order valence-corrected chi connectivity index (χ2v) is 7.79. The molecule has 148 valence electrons. The van der Waals surface area contributed by atoms with Gasteiger partial charge in [-0.25, -0.2) is 9.37 Å². The molecule has 1 aromatic heterocycles. The molecule has 2 aliphatic heterocycles. The second-order valence-electron chi connectivity index (χ2n) is 7.79. The number of halogens is 1. The number of carbonyl (C=O) groups excluding carboxylic acids is 1. The highest BCUT2D eigenvalue weighted by atomic mass is 19.1. The Hall–Kier alpha value is -1.73. The fraction of sp³-hybridized carbons (Fsp3) is 0.700. The van der Waals surface area contributed by atoms with Gasteiger partial charge in [-0.1, -0.05) is 12.8 Å². The number of hydrogen-bond acceptors (Lipinski definition) is 5. The molecule has 0 bridgehead atoms. The van der Waals surface area contributed by atoms with Crippen LogP contribution in [0.1, 0.15) is 38.5 Å². The molecule has 27 heavy (non-hydrogen) atoms. The SMILES string of the molecule is O=C(COC1CCCC1)N1CC2(C1)OCCC2CCOc1ncccc1F. The minimum atomic E-state index is -0.447. The smallest absolute Gasteiger partial charge is 0.250 e. The molecule has 0 aromatic carbocycles. The van der Waals surface area contributed by atoms with Gasteiger partial charge in [0.05, 0.1) is 25.8 Å². The topological polar surface area (TPSA) is 60.9 Å². The fourth-order valence-corrected chi connectivity index (χ4v) is 4.43. The number of pyridine rings is 1. The third-order valence-corrected chi connectivity index (χ3v) is 6.04. The van der Waals surface area contributed by atoms with Crippen LogP contribution in [0.3, 0.4) is 0 Å². The first kappa shape index (κ1) is 18.6. The van der Waals surface area contributed by atoms with E-state index >= 15 is 0 Å². The summed E-state index contributed by atoms with van der Waals surface area (Å²) in [5.41, 5.74) is -0.269. The summed E-state index contributed by atoms with van der Waals surface area (Å²) < 4.78 is 30.8. The molecule has 3 fully saturated rings. The average molecular weight is 378 g/mol. The molecular weight excluding hydrogens is 351 g/mol. The van der Waals surface area contributed by atoms with Gasteiger partial charge in [0.15, 0.2) is 5.82 Å². The molecule has 1 spiro atoms. The highest BCUT2D eigenvalue weighted by Gasteiger charge is 2.54. The van der Waals surface area contributed by atoms with Crippen LogP contribution < -0.4 is 4.74 Å². The summed E-state index contributed by atoms with van der Waals surface area (Å²) in [7, 11) is 0. The summed E-state index contributed by atoms with van der Waals surface area (Å²) in [6.07, 6.45) is 8.01. The molecule has 1 saturated carbocycles. The maximum atomic E-state index is 13.6. The lowest BCUT2D eigenvalue weighted by Gasteiger charge is -2.50. The standard InChI is InChI=1S/C20H27FN2O4/c21-17-6-3-9-22-19(17)25-10-7-15-8-11-27-20(15)13-23(14-20)18(24)12-26-16-4-1-2-5-16/h3,6,9,15-16H,1-2,4-5,7-8,10-14H2. The van der Waals surface area contributed by atoms with E-state index in [9.17, 15) is 9.18 Å². The molecular formula is C20H27FN2O4. The van der Waals surface area contributed by atoms with E-state index in [4.69, 9.17) is 14.2 Å². The average Bonchev–Trinajstić information content (AvgIpc) is 3.29. The van der Waals surface area contributed by atoms with Crippen LogP contribution >= 0.6 is 0 Å². The number of aromatic nitrogens is 1. The summed E-state index contributed by atoms with van der Waals surface area (Å²) in [4.78, 5) is 18.1. The van der Waals surface area contributed by atoms with Crippen LogP contribution in [0.25, 0.3) is 0 Å². The Bertz CT molecular complexity index is 659. The lowest BCUT2D eigenvalue weighted by Crippen LogP contribution is -2.66. The van der Waals surface area contributed by atoms with E-state index in [2.05, 4.69) is 4.98 Å². The Morgan fingerprint density at radius 3 is 2.93 bits per heavy atom. The van der Waals surface area contributed by atoms with Crippen molar-refractivity contribution in [2.75, 3.05) is 32.9 Å². The van der Waals surface area contributed by atoms with Gasteiger partial charge in [-0.2, -0.15) is 0 Å².